The van der Waals surface area contributed by atoms with E-state index in [0.29, 0.717) is 4.57 Å². The van der Waals surface area contributed by atoms with E-state index in [4.69, 9.17) is 0 Å². The molecule has 1 unspecified atom stereocenters. The van der Waals surface area contributed by atoms with Crippen molar-refractivity contribution >= 4 is 30.7 Å². The molecule has 0 spiro atoms. The van der Waals surface area contributed by atoms with Gasteiger partial charge in [-0.25, -0.2) is 13.8 Å². The maximum absolute atomic E-state index is 13.0. The molecule has 0 bridgehead atoms. The monoisotopic (exact) mass is 366 g/mol. The number of hydrogen-bond acceptors (Lipinski definition) is 3. The van der Waals surface area contributed by atoms with E-state index < -0.39 is 37.4 Å². The lowest BCUT2D eigenvalue weighted by Crippen LogP contribution is -2.41. The van der Waals surface area contributed by atoms with Crippen molar-refractivity contribution in [2.24, 2.45) is 0 Å². The predicted octanol–water partition coefficient (Wildman–Crippen LogP) is 2.08. The van der Waals surface area contributed by atoms with Crippen LogP contribution in [0.25, 0.3) is 0 Å². The van der Waals surface area contributed by atoms with E-state index in [2.05, 4.69) is 10.3 Å². The summed E-state index contributed by atoms with van der Waals surface area (Å²) in [5.41, 5.74) is 0. The summed E-state index contributed by atoms with van der Waals surface area (Å²) in [7, 11) is 1.37. The minimum absolute atomic E-state index is 0. The maximum Gasteiger partial charge on any atom is 0.319 e. The zero-order valence-electron chi connectivity index (χ0n) is 11.5. The highest BCUT2D eigenvalue weighted by Crippen LogP contribution is 2.26. The Morgan fingerprint density at radius 1 is 1.55 bits per heavy atom. The van der Waals surface area contributed by atoms with Gasteiger partial charge in [0.15, 0.2) is 0 Å². The van der Waals surface area contributed by atoms with Gasteiger partial charge in [-0.1, -0.05) is 0 Å². The van der Waals surface area contributed by atoms with Gasteiger partial charge in [-0.3, -0.25) is 14.7 Å². The van der Waals surface area contributed by atoms with E-state index in [1.165, 1.54) is 13.2 Å². The van der Waals surface area contributed by atoms with Crippen molar-refractivity contribution < 1.29 is 22.4 Å². The second-order valence-electron chi connectivity index (χ2n) is 4.72. The van der Waals surface area contributed by atoms with Gasteiger partial charge in [-0.05, 0) is 0 Å². The molecule has 22 heavy (non-hydrogen) atoms. The number of rotatable bonds is 4. The van der Waals surface area contributed by atoms with Crippen LogP contribution in [0.4, 0.5) is 17.6 Å². The largest absolute Gasteiger partial charge is 0.337 e. The van der Waals surface area contributed by atoms with Crippen LogP contribution in [-0.2, 0) is 11.3 Å². The number of carbonyl (C=O) groups is 1. The van der Waals surface area contributed by atoms with Gasteiger partial charge in [0, 0.05) is 25.9 Å². The Morgan fingerprint density at radius 2 is 2.18 bits per heavy atom. The fourth-order valence-corrected chi connectivity index (χ4v) is 2.09. The molecule has 1 aromatic heterocycles. The van der Waals surface area contributed by atoms with Crippen LogP contribution in [0.2, 0.25) is 0 Å². The first-order valence-electron chi connectivity index (χ1n) is 5.96. The lowest BCUT2D eigenvalue weighted by atomic mass is 10.1. The zero-order valence-corrected chi connectivity index (χ0v) is 13.1. The molecule has 1 N–H and O–H groups in total. The summed E-state index contributed by atoms with van der Waals surface area (Å²) in [5.74, 6) is -3.48. The van der Waals surface area contributed by atoms with Crippen molar-refractivity contribution in [3.8, 4) is 0 Å². The van der Waals surface area contributed by atoms with Crippen LogP contribution in [0.1, 0.15) is 18.8 Å². The van der Waals surface area contributed by atoms with Crippen LogP contribution < -0.4 is 5.32 Å². The zero-order chi connectivity index (χ0) is 14.9. The average molecular weight is 367 g/mol. The molecule has 2 rings (SSSR count). The number of aromatic nitrogens is 2. The summed E-state index contributed by atoms with van der Waals surface area (Å²) in [6.07, 6.45) is 1.71. The number of halogens is 6. The summed E-state index contributed by atoms with van der Waals surface area (Å²) in [4.78, 5) is 16.8. The molecule has 1 aliphatic heterocycles. The van der Waals surface area contributed by atoms with Crippen LogP contribution in [-0.4, -0.2) is 45.9 Å². The van der Waals surface area contributed by atoms with Crippen molar-refractivity contribution in [2.75, 3.05) is 13.6 Å². The molecule has 1 aliphatic rings. The number of alkyl halides is 4. The van der Waals surface area contributed by atoms with Crippen molar-refractivity contribution in [3.63, 3.8) is 0 Å². The van der Waals surface area contributed by atoms with E-state index in [-0.39, 0.29) is 37.2 Å². The van der Waals surface area contributed by atoms with Gasteiger partial charge in [0.2, 0.25) is 5.91 Å². The summed E-state index contributed by atoms with van der Waals surface area (Å²) in [5, 5.41) is 2.43. The van der Waals surface area contributed by atoms with Crippen molar-refractivity contribution in [3.05, 3.63) is 18.2 Å². The molecule has 0 aromatic carbocycles. The Balaban J connectivity index is 0.00000220. The van der Waals surface area contributed by atoms with Gasteiger partial charge in [-0.15, -0.1) is 24.8 Å². The molecule has 5 nitrogen and oxygen atoms in total. The Kier molecular flexibility index (Phi) is 7.60. The highest BCUT2D eigenvalue weighted by atomic mass is 35.5. The average Bonchev–Trinajstić information content (AvgIpc) is 2.94. The number of nitrogens with one attached hydrogen (secondary N) is 1. The lowest BCUT2D eigenvalue weighted by Gasteiger charge is -2.21. The standard InChI is InChI=1S/C11H14F4N4O.2ClH/c1-18(5-8-16-2-3-19(8)10(12)13)9(20)7-4-11(14,15)6-17-7;;/h2-3,7,10,17H,4-6H2,1H3;2*1H. The van der Waals surface area contributed by atoms with Crippen molar-refractivity contribution in [1.82, 2.24) is 19.8 Å². The molecule has 128 valence electrons. The van der Waals surface area contributed by atoms with Gasteiger partial charge in [-0.2, -0.15) is 8.78 Å². The lowest BCUT2D eigenvalue weighted by molar-refractivity contribution is -0.133. The minimum Gasteiger partial charge on any atom is -0.337 e. The van der Waals surface area contributed by atoms with Crippen molar-refractivity contribution in [2.45, 2.75) is 31.5 Å². The normalized spacial score (nSPS) is 19.5. The quantitative estimate of drug-likeness (QED) is 0.830. The summed E-state index contributed by atoms with van der Waals surface area (Å²) >= 11 is 0. The third kappa shape index (κ3) is 4.72. The van der Waals surface area contributed by atoms with Gasteiger partial charge in [0.25, 0.3) is 5.92 Å². The smallest absolute Gasteiger partial charge is 0.319 e. The Hall–Kier alpha value is -1.06. The van der Waals surface area contributed by atoms with Crippen LogP contribution in [0.15, 0.2) is 12.4 Å². The summed E-state index contributed by atoms with van der Waals surface area (Å²) in [6.45, 7) is -3.48. The van der Waals surface area contributed by atoms with E-state index in [1.54, 1.807) is 0 Å². The number of likely N-dealkylation sites (N-methyl/N-ethyl adjacent to an activating group) is 1. The topological polar surface area (TPSA) is 50.2 Å². The van der Waals surface area contributed by atoms with E-state index >= 15 is 0 Å². The molecule has 1 amide bonds. The Bertz CT molecular complexity index is 500. The van der Waals surface area contributed by atoms with Crippen LogP contribution in [0.3, 0.4) is 0 Å². The molecular formula is C11H16Cl2F4N4O. The molecule has 11 heteroatoms. The molecule has 0 radical (unpaired) electrons. The fraction of sp³-hybridized carbons (Fsp3) is 0.636. The number of carbonyl (C=O) groups excluding carboxylic acids is 1. The van der Waals surface area contributed by atoms with Crippen LogP contribution in [0, 0.1) is 0 Å². The SMILES string of the molecule is CN(Cc1nccn1C(F)F)C(=O)C1CC(F)(F)CN1.Cl.Cl. The van der Waals surface area contributed by atoms with Crippen molar-refractivity contribution in [1.29, 1.82) is 0 Å². The molecule has 1 saturated heterocycles. The first-order valence-corrected chi connectivity index (χ1v) is 5.96. The summed E-state index contributed by atoms with van der Waals surface area (Å²) in [6, 6.07) is -0.995. The second kappa shape index (κ2) is 7.98. The molecule has 0 aliphatic carbocycles. The first-order chi connectivity index (χ1) is 9.30. The van der Waals surface area contributed by atoms with Gasteiger partial charge in [0.05, 0.1) is 19.1 Å². The van der Waals surface area contributed by atoms with Gasteiger partial charge < -0.3 is 4.90 Å². The molecule has 2 heterocycles. The maximum atomic E-state index is 13.0. The predicted molar refractivity (Wildman–Crippen MR) is 75.8 cm³/mol. The first kappa shape index (κ1) is 20.9. The van der Waals surface area contributed by atoms with Gasteiger partial charge in [0.1, 0.15) is 5.82 Å². The minimum atomic E-state index is -2.91. The van der Waals surface area contributed by atoms with E-state index in [1.807, 2.05) is 0 Å². The van der Waals surface area contributed by atoms with E-state index in [9.17, 15) is 22.4 Å². The number of amides is 1. The number of hydrogen-bond donors (Lipinski definition) is 1. The molecule has 1 aromatic rings. The third-order valence-electron chi connectivity index (χ3n) is 3.12. The Labute approximate surface area is 136 Å². The fourth-order valence-electron chi connectivity index (χ4n) is 2.09. The Morgan fingerprint density at radius 3 is 2.68 bits per heavy atom. The number of nitrogens with zero attached hydrogens (tertiary/aromatic N) is 3. The van der Waals surface area contributed by atoms with Crippen LogP contribution in [0.5, 0.6) is 0 Å². The number of imidazole rings is 1. The highest BCUT2D eigenvalue weighted by Gasteiger charge is 2.43. The third-order valence-corrected chi connectivity index (χ3v) is 3.12. The van der Waals surface area contributed by atoms with Crippen LogP contribution >= 0.6 is 24.8 Å². The molecule has 0 saturated carbocycles. The van der Waals surface area contributed by atoms with E-state index in [0.717, 1.165) is 11.1 Å². The van der Waals surface area contributed by atoms with Gasteiger partial charge >= 0.3 is 6.55 Å². The molecular weight excluding hydrogens is 351 g/mol. The molecule has 1 atom stereocenters. The molecule has 1 fully saturated rings. The highest BCUT2D eigenvalue weighted by molar-refractivity contribution is 5.85. The second-order valence-corrected chi connectivity index (χ2v) is 4.72. The summed E-state index contributed by atoms with van der Waals surface area (Å²) < 4.78 is 51.9.